The van der Waals surface area contributed by atoms with Crippen molar-refractivity contribution in [2.45, 2.75) is 33.2 Å². The van der Waals surface area contributed by atoms with Crippen LogP contribution in [0.25, 0.3) is 11.0 Å². The third-order valence-corrected chi connectivity index (χ3v) is 7.37. The largest absolute Gasteiger partial charge is 0.497 e. The highest BCUT2D eigenvalue weighted by atomic mass is 32.1. The molecule has 1 atom stereocenters. The van der Waals surface area contributed by atoms with E-state index in [-0.39, 0.29) is 16.8 Å². The Balaban J connectivity index is 1.85. The summed E-state index contributed by atoms with van der Waals surface area (Å²) in [6.07, 6.45) is 0.780. The highest BCUT2D eigenvalue weighted by molar-refractivity contribution is 7.15. The van der Waals surface area contributed by atoms with Gasteiger partial charge < -0.3 is 13.9 Å². The summed E-state index contributed by atoms with van der Waals surface area (Å²) in [4.78, 5) is 34.8. The van der Waals surface area contributed by atoms with Crippen LogP contribution in [0.1, 0.15) is 50.8 Å². The van der Waals surface area contributed by atoms with Crippen LogP contribution >= 0.6 is 11.3 Å². The summed E-state index contributed by atoms with van der Waals surface area (Å²) in [5.74, 6) is 0.740. The van der Waals surface area contributed by atoms with Crippen LogP contribution in [0.4, 0.5) is 5.13 Å². The number of hydrogen-bond acceptors (Lipinski definition) is 7. The second-order valence-electron chi connectivity index (χ2n) is 8.18. The molecule has 8 heteroatoms. The molecule has 2 aromatic carbocycles. The highest BCUT2D eigenvalue weighted by Crippen LogP contribution is 2.46. The molecule has 0 fully saturated rings. The third kappa shape index (κ3) is 3.28. The Morgan fingerprint density at radius 1 is 1.09 bits per heavy atom. The molecule has 4 aromatic rings. The normalized spacial score (nSPS) is 15.1. The number of thiazole rings is 1. The maximum atomic E-state index is 13.9. The molecule has 0 spiro atoms. The average Bonchev–Trinajstić information content (AvgIpc) is 3.34. The predicted molar refractivity (Wildman–Crippen MR) is 132 cm³/mol. The van der Waals surface area contributed by atoms with Crippen LogP contribution in [-0.4, -0.2) is 25.1 Å². The molecule has 0 saturated heterocycles. The molecule has 1 aliphatic heterocycles. The lowest BCUT2D eigenvalue weighted by molar-refractivity contribution is 0.0970. The number of aromatic nitrogens is 1. The molecular formula is C26H24N2O5S. The van der Waals surface area contributed by atoms with Crippen molar-refractivity contribution in [3.05, 3.63) is 79.6 Å². The summed E-state index contributed by atoms with van der Waals surface area (Å²) < 4.78 is 17.2. The number of ether oxygens (including phenoxy) is 2. The number of carbonyl (C=O) groups is 1. The molecule has 1 aliphatic rings. The van der Waals surface area contributed by atoms with E-state index in [0.29, 0.717) is 33.2 Å². The van der Waals surface area contributed by atoms with Crippen molar-refractivity contribution in [1.29, 1.82) is 0 Å². The van der Waals surface area contributed by atoms with E-state index in [1.54, 1.807) is 38.5 Å². The molecule has 2 aromatic heterocycles. The molecule has 0 bridgehead atoms. The molecule has 0 N–H and O–H groups in total. The number of methoxy groups -OCH3 is 2. The molecule has 3 heterocycles. The first kappa shape index (κ1) is 22.2. The van der Waals surface area contributed by atoms with Gasteiger partial charge in [-0.05, 0) is 56.2 Å². The minimum atomic E-state index is -0.775. The van der Waals surface area contributed by atoms with Crippen molar-refractivity contribution >= 4 is 33.3 Å². The van der Waals surface area contributed by atoms with Gasteiger partial charge in [-0.25, -0.2) is 4.98 Å². The molecule has 34 heavy (non-hydrogen) atoms. The summed E-state index contributed by atoms with van der Waals surface area (Å²) in [7, 11) is 3.13. The molecule has 0 aliphatic carbocycles. The summed E-state index contributed by atoms with van der Waals surface area (Å²) in [5, 5.41) is 0.949. The summed E-state index contributed by atoms with van der Waals surface area (Å²) in [6, 6.07) is 10.1. The number of amides is 1. The number of rotatable bonds is 5. The second kappa shape index (κ2) is 8.29. The van der Waals surface area contributed by atoms with Gasteiger partial charge in [-0.3, -0.25) is 14.5 Å². The van der Waals surface area contributed by atoms with E-state index < -0.39 is 11.9 Å². The minimum Gasteiger partial charge on any atom is -0.497 e. The molecule has 5 rings (SSSR count). The molecule has 174 valence electrons. The van der Waals surface area contributed by atoms with Gasteiger partial charge in [-0.1, -0.05) is 13.0 Å². The van der Waals surface area contributed by atoms with E-state index in [9.17, 15) is 9.59 Å². The Bertz CT molecular complexity index is 1480. The lowest BCUT2D eigenvalue weighted by atomic mass is 9.97. The zero-order chi connectivity index (χ0) is 24.1. The van der Waals surface area contributed by atoms with E-state index in [1.807, 2.05) is 32.9 Å². The quantitative estimate of drug-likeness (QED) is 0.394. The van der Waals surface area contributed by atoms with Crippen molar-refractivity contribution in [1.82, 2.24) is 4.98 Å². The Kier molecular flexibility index (Phi) is 5.40. The maximum absolute atomic E-state index is 13.9. The SMILES string of the molecule is CCc1ccc2oc3c(c(=O)c2c1)C(c1cc(OC)ccc1OC)N(c1nc(C)c(C)s1)C3=O. The molecule has 7 nitrogen and oxygen atoms in total. The molecule has 1 amide bonds. The number of anilines is 1. The number of carbonyl (C=O) groups excluding carboxylic acids is 1. The predicted octanol–water partition coefficient (Wildman–Crippen LogP) is 5.20. The first-order chi connectivity index (χ1) is 16.4. The van der Waals surface area contributed by atoms with Gasteiger partial charge in [0.2, 0.25) is 5.76 Å². The number of hydrogen-bond donors (Lipinski definition) is 0. The van der Waals surface area contributed by atoms with Crippen LogP contribution in [0.3, 0.4) is 0 Å². The zero-order valence-corrected chi connectivity index (χ0v) is 20.4. The van der Waals surface area contributed by atoms with E-state index in [2.05, 4.69) is 4.98 Å². The fraction of sp³-hybridized carbons (Fsp3) is 0.269. The van der Waals surface area contributed by atoms with Gasteiger partial charge in [-0.15, -0.1) is 11.3 Å². The van der Waals surface area contributed by atoms with E-state index in [0.717, 1.165) is 22.6 Å². The standard InChI is InChI=1S/C26H24N2O5S/c1-6-15-7-9-20-18(11-15)23(29)21-22(17-12-16(31-4)8-10-19(17)32-5)28(25(30)24(21)33-20)26-27-13(2)14(3)34-26/h7-12,22H,6H2,1-5H3. The monoisotopic (exact) mass is 476 g/mol. The molecule has 0 saturated carbocycles. The molecular weight excluding hydrogens is 452 g/mol. The minimum absolute atomic E-state index is 0.0297. The van der Waals surface area contributed by atoms with Crippen LogP contribution in [0.15, 0.2) is 45.6 Å². The van der Waals surface area contributed by atoms with Crippen LogP contribution < -0.4 is 19.8 Å². The first-order valence-corrected chi connectivity index (χ1v) is 11.8. The number of fused-ring (bicyclic) bond motifs is 2. The van der Waals surface area contributed by atoms with Gasteiger partial charge in [0, 0.05) is 10.4 Å². The van der Waals surface area contributed by atoms with Crippen molar-refractivity contribution in [2.24, 2.45) is 0 Å². The number of nitrogens with zero attached hydrogens (tertiary/aromatic N) is 2. The van der Waals surface area contributed by atoms with Crippen molar-refractivity contribution < 1.29 is 18.7 Å². The summed E-state index contributed by atoms with van der Waals surface area (Å²) in [6.45, 7) is 5.88. The Labute approximate surface area is 200 Å². The first-order valence-electron chi connectivity index (χ1n) is 11.0. The molecule has 0 radical (unpaired) electrons. The topological polar surface area (TPSA) is 81.9 Å². The van der Waals surface area contributed by atoms with Crippen molar-refractivity contribution in [2.75, 3.05) is 19.1 Å². The zero-order valence-electron chi connectivity index (χ0n) is 19.6. The Hall–Kier alpha value is -3.65. The van der Waals surface area contributed by atoms with E-state index >= 15 is 0 Å². The van der Waals surface area contributed by atoms with Crippen LogP contribution in [-0.2, 0) is 6.42 Å². The second-order valence-corrected chi connectivity index (χ2v) is 9.36. The van der Waals surface area contributed by atoms with Crippen LogP contribution in [0.5, 0.6) is 11.5 Å². The van der Waals surface area contributed by atoms with Crippen LogP contribution in [0.2, 0.25) is 0 Å². The number of aryl methyl sites for hydroxylation is 3. The van der Waals surface area contributed by atoms with E-state index in [4.69, 9.17) is 13.9 Å². The van der Waals surface area contributed by atoms with Gasteiger partial charge in [0.05, 0.1) is 30.9 Å². The summed E-state index contributed by atoms with van der Waals surface area (Å²) >= 11 is 1.40. The van der Waals surface area contributed by atoms with Crippen molar-refractivity contribution in [3.8, 4) is 11.5 Å². The van der Waals surface area contributed by atoms with Gasteiger partial charge in [0.15, 0.2) is 10.6 Å². The lowest BCUT2D eigenvalue weighted by Gasteiger charge is -2.24. The smallest absolute Gasteiger partial charge is 0.297 e. The lowest BCUT2D eigenvalue weighted by Crippen LogP contribution is -2.29. The fourth-order valence-corrected chi connectivity index (χ4v) is 5.28. The maximum Gasteiger partial charge on any atom is 0.297 e. The average molecular weight is 477 g/mol. The van der Waals surface area contributed by atoms with E-state index in [1.165, 1.54) is 16.2 Å². The highest BCUT2D eigenvalue weighted by Gasteiger charge is 2.46. The van der Waals surface area contributed by atoms with Crippen LogP contribution in [0, 0.1) is 13.8 Å². The van der Waals surface area contributed by atoms with Gasteiger partial charge in [0.25, 0.3) is 5.91 Å². The van der Waals surface area contributed by atoms with Gasteiger partial charge in [-0.2, -0.15) is 0 Å². The Morgan fingerprint density at radius 3 is 2.53 bits per heavy atom. The van der Waals surface area contributed by atoms with Gasteiger partial charge >= 0.3 is 0 Å². The summed E-state index contributed by atoms with van der Waals surface area (Å²) in [5.41, 5.74) is 2.90. The fourth-order valence-electron chi connectivity index (χ4n) is 4.34. The molecule has 1 unspecified atom stereocenters. The third-order valence-electron chi connectivity index (χ3n) is 6.30. The Morgan fingerprint density at radius 2 is 1.88 bits per heavy atom. The van der Waals surface area contributed by atoms with Gasteiger partial charge in [0.1, 0.15) is 23.1 Å². The van der Waals surface area contributed by atoms with Crippen molar-refractivity contribution in [3.63, 3.8) is 0 Å². The number of benzene rings is 2.